The van der Waals surface area contributed by atoms with Crippen LogP contribution in [-0.4, -0.2) is 12.3 Å². The molecule has 0 aliphatic carbocycles. The van der Waals surface area contributed by atoms with E-state index in [0.717, 1.165) is 18.0 Å². The average Bonchev–Trinajstić information content (AvgIpc) is 2.80. The maximum atomic E-state index is 11.6. The summed E-state index contributed by atoms with van der Waals surface area (Å²) in [4.78, 5) is 12.3. The number of carbonyl (C=O) groups excluding carboxylic acids is 1. The quantitative estimate of drug-likeness (QED) is 0.792. The van der Waals surface area contributed by atoms with Gasteiger partial charge in [0, 0.05) is 13.0 Å². The molecule has 1 aromatic carbocycles. The highest BCUT2D eigenvalue weighted by Crippen LogP contribution is 2.30. The molecule has 19 heavy (non-hydrogen) atoms. The van der Waals surface area contributed by atoms with Crippen molar-refractivity contribution in [3.8, 4) is 0 Å². The summed E-state index contributed by atoms with van der Waals surface area (Å²) >= 11 is 1.44. The van der Waals surface area contributed by atoms with Gasteiger partial charge in [-0.25, -0.2) is 0 Å². The van der Waals surface area contributed by atoms with Gasteiger partial charge in [0.1, 0.15) is 0 Å². The van der Waals surface area contributed by atoms with E-state index in [-0.39, 0.29) is 5.78 Å². The molecular weight excluding hydrogens is 256 g/mol. The van der Waals surface area contributed by atoms with Gasteiger partial charge in [-0.05, 0) is 18.1 Å². The molecule has 0 saturated carbocycles. The van der Waals surface area contributed by atoms with Gasteiger partial charge >= 0.3 is 0 Å². The van der Waals surface area contributed by atoms with Gasteiger partial charge in [-0.1, -0.05) is 37.3 Å². The predicted molar refractivity (Wildman–Crippen MR) is 82.0 cm³/mol. The van der Waals surface area contributed by atoms with E-state index in [9.17, 15) is 4.79 Å². The predicted octanol–water partition coefficient (Wildman–Crippen LogP) is 3.58. The van der Waals surface area contributed by atoms with E-state index in [0.29, 0.717) is 17.0 Å². The Morgan fingerprint density at radius 3 is 2.74 bits per heavy atom. The van der Waals surface area contributed by atoms with E-state index in [2.05, 4.69) is 17.4 Å². The van der Waals surface area contributed by atoms with Crippen LogP contribution in [0.4, 0.5) is 10.7 Å². The highest BCUT2D eigenvalue weighted by atomic mass is 32.1. The molecule has 0 radical (unpaired) electrons. The summed E-state index contributed by atoms with van der Waals surface area (Å²) in [5.74, 6) is 0.110. The molecule has 0 aliphatic rings. The van der Waals surface area contributed by atoms with Gasteiger partial charge in [-0.3, -0.25) is 4.79 Å². The van der Waals surface area contributed by atoms with Gasteiger partial charge in [0.05, 0.1) is 15.6 Å². The van der Waals surface area contributed by atoms with E-state index < -0.39 is 0 Å². The van der Waals surface area contributed by atoms with Crippen LogP contribution in [0.2, 0.25) is 0 Å². The second-order valence-electron chi connectivity index (χ2n) is 4.33. The van der Waals surface area contributed by atoms with E-state index in [1.165, 1.54) is 16.9 Å². The highest BCUT2D eigenvalue weighted by Gasteiger charge is 2.12. The zero-order valence-corrected chi connectivity index (χ0v) is 11.8. The Labute approximate surface area is 117 Å². The second kappa shape index (κ2) is 6.38. The topological polar surface area (TPSA) is 55.1 Å². The van der Waals surface area contributed by atoms with Gasteiger partial charge in [-0.15, -0.1) is 11.3 Å². The Morgan fingerprint density at radius 2 is 2.05 bits per heavy atom. The first kappa shape index (κ1) is 13.6. The van der Waals surface area contributed by atoms with Crippen molar-refractivity contribution < 1.29 is 4.79 Å². The third kappa shape index (κ3) is 3.58. The monoisotopic (exact) mass is 274 g/mol. The molecule has 100 valence electrons. The molecule has 0 unspecified atom stereocenters. The first-order chi connectivity index (χ1) is 9.20. The van der Waals surface area contributed by atoms with Crippen LogP contribution in [0.1, 0.15) is 28.6 Å². The summed E-state index contributed by atoms with van der Waals surface area (Å²) in [6.07, 6.45) is 1.45. The molecule has 3 nitrogen and oxygen atoms in total. The van der Waals surface area contributed by atoms with Crippen LogP contribution >= 0.6 is 11.3 Å². The van der Waals surface area contributed by atoms with Crippen LogP contribution in [0.15, 0.2) is 36.4 Å². The molecule has 0 aliphatic heterocycles. The second-order valence-corrected chi connectivity index (χ2v) is 5.39. The zero-order chi connectivity index (χ0) is 13.7. The Balaban J connectivity index is 1.92. The van der Waals surface area contributed by atoms with Crippen molar-refractivity contribution in [2.75, 3.05) is 17.6 Å². The summed E-state index contributed by atoms with van der Waals surface area (Å²) in [5.41, 5.74) is 7.73. The fourth-order valence-electron chi connectivity index (χ4n) is 1.85. The lowest BCUT2D eigenvalue weighted by Gasteiger charge is -2.03. The smallest absolute Gasteiger partial charge is 0.174 e. The minimum atomic E-state index is 0.110. The third-order valence-corrected chi connectivity index (χ3v) is 4.04. The molecule has 0 saturated heterocycles. The number of carbonyl (C=O) groups is 1. The van der Waals surface area contributed by atoms with Crippen LogP contribution < -0.4 is 11.1 Å². The molecular formula is C15H18N2OS. The lowest BCUT2D eigenvalue weighted by molar-refractivity contribution is 0.0993. The number of nitrogens with two attached hydrogens (primary N) is 1. The lowest BCUT2D eigenvalue weighted by atomic mass is 10.1. The minimum Gasteiger partial charge on any atom is -0.397 e. The molecule has 2 rings (SSSR count). The Bertz CT molecular complexity index is 549. The maximum Gasteiger partial charge on any atom is 0.174 e. The molecule has 0 atom stereocenters. The number of nitrogens with one attached hydrogen (secondary N) is 1. The standard InChI is InChI=1S/C15H18N2OS/c1-2-13(18)15-12(16)10-14(19-15)17-9-8-11-6-4-3-5-7-11/h3-7,10,17H,2,8-9,16H2,1H3. The first-order valence-electron chi connectivity index (χ1n) is 6.41. The van der Waals surface area contributed by atoms with Crippen LogP contribution in [0.25, 0.3) is 0 Å². The van der Waals surface area contributed by atoms with Gasteiger partial charge in [-0.2, -0.15) is 0 Å². The molecule has 0 bridgehead atoms. The number of hydrogen-bond donors (Lipinski definition) is 2. The van der Waals surface area contributed by atoms with Crippen molar-refractivity contribution in [2.24, 2.45) is 0 Å². The van der Waals surface area contributed by atoms with Crippen molar-refractivity contribution >= 4 is 27.8 Å². The molecule has 1 heterocycles. The Hall–Kier alpha value is -1.81. The van der Waals surface area contributed by atoms with Crippen molar-refractivity contribution in [1.82, 2.24) is 0 Å². The first-order valence-corrected chi connectivity index (χ1v) is 7.22. The molecule has 0 spiro atoms. The number of anilines is 2. The molecule has 0 amide bonds. The number of nitrogen functional groups attached to an aromatic ring is 1. The van der Waals surface area contributed by atoms with Crippen LogP contribution in [0.3, 0.4) is 0 Å². The van der Waals surface area contributed by atoms with Crippen molar-refractivity contribution in [1.29, 1.82) is 0 Å². The minimum absolute atomic E-state index is 0.110. The molecule has 4 heteroatoms. The number of hydrogen-bond acceptors (Lipinski definition) is 4. The largest absolute Gasteiger partial charge is 0.397 e. The number of Topliss-reactive ketones (excluding diaryl/α,β-unsaturated/α-hetero) is 1. The fourth-order valence-corrected chi connectivity index (χ4v) is 2.86. The van der Waals surface area contributed by atoms with Crippen molar-refractivity contribution in [3.63, 3.8) is 0 Å². The van der Waals surface area contributed by atoms with E-state index in [1.54, 1.807) is 0 Å². The summed E-state index contributed by atoms with van der Waals surface area (Å²) in [7, 11) is 0. The van der Waals surface area contributed by atoms with Gasteiger partial charge in [0.15, 0.2) is 5.78 Å². The third-order valence-electron chi connectivity index (χ3n) is 2.89. The van der Waals surface area contributed by atoms with Gasteiger partial charge in [0.25, 0.3) is 0 Å². The van der Waals surface area contributed by atoms with Crippen LogP contribution in [-0.2, 0) is 6.42 Å². The Morgan fingerprint density at radius 1 is 1.32 bits per heavy atom. The number of rotatable bonds is 6. The van der Waals surface area contributed by atoms with Gasteiger partial charge < -0.3 is 11.1 Å². The highest BCUT2D eigenvalue weighted by molar-refractivity contribution is 7.18. The zero-order valence-electron chi connectivity index (χ0n) is 11.0. The Kier molecular flexibility index (Phi) is 4.58. The number of thiophene rings is 1. The summed E-state index contributed by atoms with van der Waals surface area (Å²) in [6.45, 7) is 2.69. The summed E-state index contributed by atoms with van der Waals surface area (Å²) < 4.78 is 0. The van der Waals surface area contributed by atoms with Gasteiger partial charge in [0.2, 0.25) is 0 Å². The van der Waals surface area contributed by atoms with E-state index in [4.69, 9.17) is 5.73 Å². The number of ketones is 1. The summed E-state index contributed by atoms with van der Waals surface area (Å²) in [6, 6.07) is 12.2. The SMILES string of the molecule is CCC(=O)c1sc(NCCc2ccccc2)cc1N. The maximum absolute atomic E-state index is 11.6. The summed E-state index contributed by atoms with van der Waals surface area (Å²) in [5, 5.41) is 4.28. The van der Waals surface area contributed by atoms with Crippen molar-refractivity contribution in [2.45, 2.75) is 19.8 Å². The number of benzene rings is 1. The molecule has 3 N–H and O–H groups in total. The lowest BCUT2D eigenvalue weighted by Crippen LogP contribution is -2.03. The normalized spacial score (nSPS) is 10.4. The van der Waals surface area contributed by atoms with Crippen LogP contribution in [0, 0.1) is 0 Å². The fraction of sp³-hybridized carbons (Fsp3) is 0.267. The molecule has 2 aromatic rings. The molecule has 0 fully saturated rings. The molecule has 1 aromatic heterocycles. The average molecular weight is 274 g/mol. The van der Waals surface area contributed by atoms with Crippen LogP contribution in [0.5, 0.6) is 0 Å². The van der Waals surface area contributed by atoms with Crippen molar-refractivity contribution in [3.05, 3.63) is 46.8 Å². The van der Waals surface area contributed by atoms with E-state index in [1.807, 2.05) is 31.2 Å². The van der Waals surface area contributed by atoms with E-state index >= 15 is 0 Å².